The molecule has 2 heterocycles. The molecule has 0 saturated carbocycles. The summed E-state index contributed by atoms with van der Waals surface area (Å²) in [5, 5.41) is 2.91. The smallest absolute Gasteiger partial charge is 0.445 e. The molecule has 34 heavy (non-hydrogen) atoms. The van der Waals surface area contributed by atoms with E-state index in [4.69, 9.17) is 14.2 Å². The molecule has 0 aliphatic carbocycles. The number of imide groups is 1. The highest BCUT2D eigenvalue weighted by Crippen LogP contribution is 2.34. The van der Waals surface area contributed by atoms with Crippen LogP contribution < -0.4 is 14.8 Å². The van der Waals surface area contributed by atoms with E-state index in [1.165, 1.54) is 23.4 Å². The molecule has 10 nitrogen and oxygen atoms in total. The zero-order valence-electron chi connectivity index (χ0n) is 19.9. The molecular weight excluding hydrogens is 460 g/mol. The predicted molar refractivity (Wildman–Crippen MR) is 129 cm³/mol. The minimum absolute atomic E-state index is 0.112. The van der Waals surface area contributed by atoms with Gasteiger partial charge in [0.2, 0.25) is 5.91 Å². The monoisotopic (exact) mass is 489 g/mol. The van der Waals surface area contributed by atoms with Crippen LogP contribution in [0.2, 0.25) is 0 Å². The number of rotatable bonds is 10. The van der Waals surface area contributed by atoms with Crippen LogP contribution in [0.5, 0.6) is 11.5 Å². The van der Waals surface area contributed by atoms with Crippen molar-refractivity contribution in [1.29, 1.82) is 0 Å². The lowest BCUT2D eigenvalue weighted by Gasteiger charge is -2.28. The molecule has 1 unspecified atom stereocenters. The number of dihydropyridines is 1. The van der Waals surface area contributed by atoms with Crippen LogP contribution in [-0.2, 0) is 20.7 Å². The number of urea groups is 1. The summed E-state index contributed by atoms with van der Waals surface area (Å²) in [6.45, 7) is 0.686. The molecule has 0 spiro atoms. The normalized spacial score (nSPS) is 17.8. The third-order valence-corrected chi connectivity index (χ3v) is 6.74. The number of hydrogen-bond acceptors (Lipinski definition) is 8. The average molecular weight is 490 g/mol. The van der Waals surface area contributed by atoms with Crippen LogP contribution in [0.3, 0.4) is 0 Å². The number of nitrogens with zero attached hydrogens (tertiary/aromatic N) is 3. The van der Waals surface area contributed by atoms with Gasteiger partial charge in [-0.3, -0.25) is 9.59 Å². The number of hydrogen-bond donors (Lipinski definition) is 1. The highest BCUT2D eigenvalue weighted by atomic mass is 32.2. The topological polar surface area (TPSA) is 110 Å². The molecule has 2 aliphatic heterocycles. The minimum Gasteiger partial charge on any atom is -0.493 e. The maximum atomic E-state index is 12.9. The van der Waals surface area contributed by atoms with Crippen molar-refractivity contribution in [2.45, 2.75) is 6.42 Å². The van der Waals surface area contributed by atoms with Crippen molar-refractivity contribution in [3.8, 4) is 11.5 Å². The van der Waals surface area contributed by atoms with Gasteiger partial charge in [-0.05, 0) is 24.1 Å². The largest absolute Gasteiger partial charge is 0.493 e. The van der Waals surface area contributed by atoms with Gasteiger partial charge in [0.25, 0.3) is 5.84 Å². The van der Waals surface area contributed by atoms with Gasteiger partial charge in [0.05, 0.1) is 40.7 Å². The Morgan fingerprint density at radius 2 is 1.94 bits per heavy atom. The summed E-state index contributed by atoms with van der Waals surface area (Å²) in [7, 11) is 7.73. The molecule has 0 bridgehead atoms. The van der Waals surface area contributed by atoms with Crippen LogP contribution in [0.4, 0.5) is 4.79 Å². The highest BCUT2D eigenvalue weighted by Gasteiger charge is 2.48. The van der Waals surface area contributed by atoms with E-state index in [1.54, 1.807) is 34.6 Å². The number of thioether (sulfide) groups is 1. The second kappa shape index (κ2) is 11.3. The van der Waals surface area contributed by atoms with E-state index in [-0.39, 0.29) is 24.2 Å². The Balaban J connectivity index is 1.65. The number of carbonyl (C=O) groups excluding carboxylic acids is 3. The van der Waals surface area contributed by atoms with Gasteiger partial charge in [-0.1, -0.05) is 6.07 Å². The summed E-state index contributed by atoms with van der Waals surface area (Å²) in [5.74, 6) is 0.461. The Morgan fingerprint density at radius 1 is 1.21 bits per heavy atom. The Bertz CT molecular complexity index is 1080. The van der Waals surface area contributed by atoms with Gasteiger partial charge in [0.1, 0.15) is 6.21 Å². The molecule has 182 valence electrons. The van der Waals surface area contributed by atoms with E-state index in [1.807, 2.05) is 18.2 Å². The lowest BCUT2D eigenvalue weighted by Crippen LogP contribution is -2.53. The van der Waals surface area contributed by atoms with E-state index in [0.29, 0.717) is 40.8 Å². The first-order valence-corrected chi connectivity index (χ1v) is 11.6. The summed E-state index contributed by atoms with van der Waals surface area (Å²) in [6, 6.07) is 5.18. The van der Waals surface area contributed by atoms with Crippen LogP contribution >= 0.6 is 11.8 Å². The second-order valence-electron chi connectivity index (χ2n) is 7.69. The Morgan fingerprint density at radius 3 is 2.62 bits per heavy atom. The van der Waals surface area contributed by atoms with Crippen molar-refractivity contribution in [1.82, 2.24) is 10.2 Å². The summed E-state index contributed by atoms with van der Waals surface area (Å²) in [5.41, 5.74) is 1.71. The van der Waals surface area contributed by atoms with E-state index in [9.17, 15) is 14.4 Å². The maximum Gasteiger partial charge on any atom is 0.445 e. The quantitative estimate of drug-likeness (QED) is 0.494. The molecule has 0 fully saturated rings. The maximum absolute atomic E-state index is 12.9. The number of amides is 4. The molecule has 0 saturated heterocycles. The number of benzene rings is 1. The molecule has 1 atom stereocenters. The fourth-order valence-electron chi connectivity index (χ4n) is 3.72. The van der Waals surface area contributed by atoms with Crippen molar-refractivity contribution < 1.29 is 33.2 Å². The van der Waals surface area contributed by atoms with Crippen molar-refractivity contribution in [3.63, 3.8) is 0 Å². The van der Waals surface area contributed by atoms with Gasteiger partial charge in [-0.15, -0.1) is 16.8 Å². The average Bonchev–Trinajstić information content (AvgIpc) is 2.85. The van der Waals surface area contributed by atoms with Gasteiger partial charge in [0.15, 0.2) is 17.4 Å². The van der Waals surface area contributed by atoms with Gasteiger partial charge in [0, 0.05) is 24.1 Å². The SMILES string of the molecule is COCC1=C(SCC(=O)NCCc2ccc(OC)c(OC)c2)C2C(=O)N(C)C(=O)[N+](C)=C2N=C1. The molecular formula is C23H29N4O6S+. The lowest BCUT2D eigenvalue weighted by atomic mass is 9.98. The van der Waals surface area contributed by atoms with Crippen LogP contribution in [0.25, 0.3) is 0 Å². The minimum atomic E-state index is -0.743. The zero-order chi connectivity index (χ0) is 24.8. The summed E-state index contributed by atoms with van der Waals surface area (Å²) < 4.78 is 17.2. The van der Waals surface area contributed by atoms with Crippen LogP contribution in [-0.4, -0.2) is 93.7 Å². The first-order valence-electron chi connectivity index (χ1n) is 10.6. The lowest BCUT2D eigenvalue weighted by molar-refractivity contribution is -0.407. The van der Waals surface area contributed by atoms with Gasteiger partial charge in [-0.25, -0.2) is 4.79 Å². The fourth-order valence-corrected chi connectivity index (χ4v) is 4.77. The molecule has 4 amide bonds. The molecule has 1 aromatic carbocycles. The zero-order valence-corrected chi connectivity index (χ0v) is 20.7. The number of ether oxygens (including phenoxy) is 3. The fraction of sp³-hybridized carbons (Fsp3) is 0.435. The summed E-state index contributed by atoms with van der Waals surface area (Å²) in [4.78, 5) is 43.8. The van der Waals surface area contributed by atoms with Crippen LogP contribution in [0.15, 0.2) is 33.7 Å². The van der Waals surface area contributed by atoms with Gasteiger partial charge >= 0.3 is 11.9 Å². The van der Waals surface area contributed by atoms with Crippen molar-refractivity contribution in [2.24, 2.45) is 10.9 Å². The number of methoxy groups -OCH3 is 3. The third kappa shape index (κ3) is 5.31. The Kier molecular flexibility index (Phi) is 8.46. The third-order valence-electron chi connectivity index (χ3n) is 5.53. The number of carbonyl (C=O) groups is 3. The van der Waals surface area contributed by atoms with Crippen LogP contribution in [0, 0.1) is 5.92 Å². The van der Waals surface area contributed by atoms with Gasteiger partial charge < -0.3 is 19.5 Å². The summed E-state index contributed by atoms with van der Waals surface area (Å²) in [6.07, 6.45) is 2.22. The molecule has 1 aromatic rings. The predicted octanol–water partition coefficient (Wildman–Crippen LogP) is 1.33. The number of fused-ring (bicyclic) bond motifs is 1. The van der Waals surface area contributed by atoms with Gasteiger partial charge in [-0.2, -0.15) is 9.48 Å². The van der Waals surface area contributed by atoms with E-state index < -0.39 is 11.9 Å². The first-order chi connectivity index (χ1) is 16.3. The molecule has 2 aliphatic rings. The standard InChI is InChI=1S/C23H28N4O6S/c1-26-21-19(22(29)27(2)23(26)30)20(15(11-25-21)12-31-3)34-13-18(28)24-9-8-14-6-7-16(32-4)17(10-14)33-5/h6-7,10-11,19H,8-9,12-13H2,1-5H3/p+1. The molecule has 0 aromatic heterocycles. The van der Waals surface area contributed by atoms with Crippen molar-refractivity contribution in [3.05, 3.63) is 34.2 Å². The Hall–Kier alpha value is -3.18. The molecule has 11 heteroatoms. The van der Waals surface area contributed by atoms with Crippen molar-refractivity contribution in [2.75, 3.05) is 54.3 Å². The highest BCUT2D eigenvalue weighted by molar-refractivity contribution is 8.03. The van der Waals surface area contributed by atoms with E-state index in [0.717, 1.165) is 10.5 Å². The number of nitrogens with one attached hydrogen (secondary N) is 1. The Labute approximate surface area is 202 Å². The van der Waals surface area contributed by atoms with E-state index >= 15 is 0 Å². The first kappa shape index (κ1) is 25.4. The van der Waals surface area contributed by atoms with Crippen molar-refractivity contribution >= 4 is 41.7 Å². The molecule has 1 N–H and O–H groups in total. The summed E-state index contributed by atoms with van der Waals surface area (Å²) >= 11 is 1.26. The second-order valence-corrected chi connectivity index (χ2v) is 8.71. The van der Waals surface area contributed by atoms with Crippen LogP contribution in [0.1, 0.15) is 5.56 Å². The van der Waals surface area contributed by atoms with E-state index in [2.05, 4.69) is 10.3 Å². The molecule has 3 rings (SSSR count). The molecule has 0 radical (unpaired) electrons. The number of amidine groups is 1. The number of aliphatic imine (C=N–C) groups is 1.